The number of carboxylic acids is 2. The smallest absolute Gasteiger partial charge is 0.336 e. The van der Waals surface area contributed by atoms with Gasteiger partial charge in [-0.05, 0) is 85.4 Å². The number of carbonyl (C=O) groups excluding carboxylic acids is 1. The van der Waals surface area contributed by atoms with Gasteiger partial charge in [0.2, 0.25) is 0 Å². The van der Waals surface area contributed by atoms with Gasteiger partial charge < -0.3 is 25.0 Å². The van der Waals surface area contributed by atoms with Crippen molar-refractivity contribution in [2.45, 2.75) is 77.4 Å². The van der Waals surface area contributed by atoms with E-state index in [4.69, 9.17) is 14.6 Å². The lowest BCUT2D eigenvalue weighted by atomic mass is 10.0. The summed E-state index contributed by atoms with van der Waals surface area (Å²) >= 11 is 0. The van der Waals surface area contributed by atoms with Crippen LogP contribution in [0.15, 0.2) is 66.7 Å². The number of carbonyl (C=O) groups is 3. The Morgan fingerprint density at radius 1 is 0.795 bits per heavy atom. The molecule has 1 amide bonds. The van der Waals surface area contributed by atoms with Gasteiger partial charge in [0.25, 0.3) is 5.91 Å². The molecule has 0 aliphatic rings. The Morgan fingerprint density at radius 3 is 2.32 bits per heavy atom. The number of allylic oxidation sites excluding steroid dienone is 1. The zero-order valence-electron chi connectivity index (χ0n) is 25.8. The molecule has 0 saturated heterocycles. The molecule has 0 aliphatic heterocycles. The third-order valence-corrected chi connectivity index (χ3v) is 7.57. The summed E-state index contributed by atoms with van der Waals surface area (Å²) in [5.74, 6) is -3.39. The van der Waals surface area contributed by atoms with Crippen molar-refractivity contribution in [2.24, 2.45) is 0 Å². The number of amides is 1. The highest BCUT2D eigenvalue weighted by Crippen LogP contribution is 2.17. The second-order valence-electron chi connectivity index (χ2n) is 11.1. The minimum atomic E-state index is -1.72. The van der Waals surface area contributed by atoms with Crippen LogP contribution in [0.4, 0.5) is 0 Å². The minimum absolute atomic E-state index is 0.158. The topological polar surface area (TPSA) is 122 Å². The molecule has 8 nitrogen and oxygen atoms in total. The summed E-state index contributed by atoms with van der Waals surface area (Å²) in [4.78, 5) is 35.8. The van der Waals surface area contributed by atoms with E-state index in [2.05, 4.69) is 79.8 Å². The van der Waals surface area contributed by atoms with E-state index in [1.807, 2.05) is 12.1 Å². The van der Waals surface area contributed by atoms with Crippen LogP contribution >= 0.6 is 0 Å². The van der Waals surface area contributed by atoms with Gasteiger partial charge in [-0.15, -0.1) is 0 Å². The molecule has 3 rings (SSSR count). The first-order valence-corrected chi connectivity index (χ1v) is 15.4. The van der Waals surface area contributed by atoms with Crippen LogP contribution in [-0.2, 0) is 30.3 Å². The fourth-order valence-electron chi connectivity index (χ4n) is 4.93. The predicted octanol–water partition coefficient (Wildman–Crippen LogP) is 6.50. The molecule has 0 heterocycles. The number of carboxylic acid groups (broad SMARTS) is 2. The third kappa shape index (κ3) is 11.9. The number of nitrogens with one attached hydrogen (secondary N) is 1. The summed E-state index contributed by atoms with van der Waals surface area (Å²) in [6.45, 7) is 3.85. The standard InChI is InChI=1S/C36H45NO7/c1-26-17-18-28(23-27(26)2)13-7-4-3-5-12-22-43-33(34(36(41)42)44-25-32(38)39)35(40)37-21-11-6-8-14-29-19-20-30-15-9-10-16-31(30)24-29/h7,9-10,13,15-20,23-24,33-34H,3-6,8,11-12,14,21-22,25H2,1-2H3,(H,37,40)(H,38,39)(H,41,42). The average Bonchev–Trinajstić information content (AvgIpc) is 3.00. The van der Waals surface area contributed by atoms with Gasteiger partial charge in [-0.1, -0.05) is 85.7 Å². The van der Waals surface area contributed by atoms with Crippen molar-refractivity contribution in [1.29, 1.82) is 0 Å². The number of hydrogen-bond acceptors (Lipinski definition) is 5. The second kappa shape index (κ2) is 18.6. The zero-order chi connectivity index (χ0) is 31.7. The van der Waals surface area contributed by atoms with Crippen molar-refractivity contribution >= 4 is 34.7 Å². The molecule has 3 aromatic rings. The summed E-state index contributed by atoms with van der Waals surface area (Å²) in [6, 6.07) is 21.1. The van der Waals surface area contributed by atoms with Crippen LogP contribution in [0.1, 0.15) is 67.2 Å². The Labute approximate surface area is 260 Å². The Morgan fingerprint density at radius 2 is 1.57 bits per heavy atom. The summed E-state index contributed by atoms with van der Waals surface area (Å²) < 4.78 is 10.7. The highest BCUT2D eigenvalue weighted by molar-refractivity contribution is 5.88. The van der Waals surface area contributed by atoms with Gasteiger partial charge in [-0.3, -0.25) is 4.79 Å². The third-order valence-electron chi connectivity index (χ3n) is 7.57. The number of aryl methyl sites for hydroxylation is 3. The molecule has 3 aromatic carbocycles. The van der Waals surface area contributed by atoms with E-state index in [9.17, 15) is 19.5 Å². The maximum Gasteiger partial charge on any atom is 0.336 e. The second-order valence-corrected chi connectivity index (χ2v) is 11.1. The van der Waals surface area contributed by atoms with Crippen molar-refractivity contribution in [2.75, 3.05) is 19.8 Å². The SMILES string of the molecule is Cc1ccc(C=CCCCCCOC(C(=O)NCCCCCc2ccc3ccccc3c2)C(OCC(=O)O)C(=O)O)cc1C. The van der Waals surface area contributed by atoms with E-state index >= 15 is 0 Å². The first-order valence-electron chi connectivity index (χ1n) is 15.4. The van der Waals surface area contributed by atoms with Gasteiger partial charge >= 0.3 is 11.9 Å². The first kappa shape index (κ1) is 34.5. The van der Waals surface area contributed by atoms with Gasteiger partial charge in [0.1, 0.15) is 6.61 Å². The molecule has 0 spiro atoms. The molecule has 44 heavy (non-hydrogen) atoms. The van der Waals surface area contributed by atoms with E-state index in [1.165, 1.54) is 27.5 Å². The molecular weight excluding hydrogens is 558 g/mol. The van der Waals surface area contributed by atoms with Gasteiger partial charge in [0, 0.05) is 13.2 Å². The lowest BCUT2D eigenvalue weighted by Crippen LogP contribution is -2.49. The molecule has 236 valence electrons. The quantitative estimate of drug-likeness (QED) is 0.126. The number of rotatable bonds is 20. The van der Waals surface area contributed by atoms with Crippen LogP contribution in [-0.4, -0.2) is 60.0 Å². The number of aliphatic carboxylic acids is 2. The normalized spacial score (nSPS) is 12.8. The Kier molecular flexibility index (Phi) is 14.6. The van der Waals surface area contributed by atoms with E-state index in [-0.39, 0.29) is 6.61 Å². The van der Waals surface area contributed by atoms with Crippen LogP contribution in [0.25, 0.3) is 16.8 Å². The van der Waals surface area contributed by atoms with Crippen molar-refractivity contribution in [1.82, 2.24) is 5.32 Å². The van der Waals surface area contributed by atoms with Gasteiger partial charge in [0.05, 0.1) is 0 Å². The van der Waals surface area contributed by atoms with Crippen LogP contribution < -0.4 is 5.32 Å². The number of fused-ring (bicyclic) bond motifs is 1. The van der Waals surface area contributed by atoms with Crippen LogP contribution in [0.5, 0.6) is 0 Å². The van der Waals surface area contributed by atoms with Gasteiger partial charge in [-0.25, -0.2) is 9.59 Å². The lowest BCUT2D eigenvalue weighted by molar-refractivity contribution is -0.172. The molecule has 2 atom stereocenters. The van der Waals surface area contributed by atoms with Crippen molar-refractivity contribution in [3.8, 4) is 0 Å². The largest absolute Gasteiger partial charge is 0.480 e. The molecule has 0 bridgehead atoms. The summed E-state index contributed by atoms with van der Waals surface area (Å²) in [7, 11) is 0. The Balaban J connectivity index is 1.41. The van der Waals surface area contributed by atoms with Crippen LogP contribution in [0.3, 0.4) is 0 Å². The Bertz CT molecular complexity index is 1400. The molecular formula is C36H45NO7. The lowest BCUT2D eigenvalue weighted by Gasteiger charge is -2.23. The summed E-state index contributed by atoms with van der Waals surface area (Å²) in [5, 5.41) is 23.8. The van der Waals surface area contributed by atoms with E-state index < -0.39 is 36.7 Å². The van der Waals surface area contributed by atoms with Gasteiger partial charge in [0.15, 0.2) is 12.2 Å². The highest BCUT2D eigenvalue weighted by atomic mass is 16.6. The number of ether oxygens (including phenoxy) is 2. The molecule has 0 radical (unpaired) electrons. The molecule has 0 fully saturated rings. The molecule has 3 N–H and O–H groups in total. The minimum Gasteiger partial charge on any atom is -0.480 e. The fraction of sp³-hybridized carbons (Fsp3) is 0.417. The summed E-state index contributed by atoms with van der Waals surface area (Å²) in [6.07, 6.45) is 7.79. The summed E-state index contributed by atoms with van der Waals surface area (Å²) in [5.41, 5.74) is 4.95. The molecule has 0 saturated carbocycles. The van der Waals surface area contributed by atoms with Crippen LogP contribution in [0.2, 0.25) is 0 Å². The average molecular weight is 604 g/mol. The van der Waals surface area contributed by atoms with Crippen molar-refractivity contribution in [3.63, 3.8) is 0 Å². The van der Waals surface area contributed by atoms with E-state index in [1.54, 1.807) is 0 Å². The maximum atomic E-state index is 13.0. The van der Waals surface area contributed by atoms with Gasteiger partial charge in [-0.2, -0.15) is 0 Å². The van der Waals surface area contributed by atoms with Crippen molar-refractivity contribution < 1.29 is 34.1 Å². The molecule has 0 aromatic heterocycles. The number of benzene rings is 3. The Hall–Kier alpha value is -4.01. The predicted molar refractivity (Wildman–Crippen MR) is 173 cm³/mol. The van der Waals surface area contributed by atoms with E-state index in [0.29, 0.717) is 13.0 Å². The fourth-order valence-corrected chi connectivity index (χ4v) is 4.93. The van der Waals surface area contributed by atoms with Crippen LogP contribution in [0, 0.1) is 13.8 Å². The highest BCUT2D eigenvalue weighted by Gasteiger charge is 2.36. The number of hydrogen-bond donors (Lipinski definition) is 3. The monoisotopic (exact) mass is 603 g/mol. The zero-order valence-corrected chi connectivity index (χ0v) is 25.8. The number of unbranched alkanes of at least 4 members (excludes halogenated alkanes) is 5. The molecule has 2 unspecified atom stereocenters. The van der Waals surface area contributed by atoms with Crippen molar-refractivity contribution in [3.05, 3.63) is 89.0 Å². The molecule has 8 heteroatoms. The first-order chi connectivity index (χ1) is 21.2. The maximum absolute atomic E-state index is 13.0. The van der Waals surface area contributed by atoms with E-state index in [0.717, 1.165) is 50.5 Å². The molecule has 0 aliphatic carbocycles.